The molecule has 8 heteroatoms. The Hall–Kier alpha value is -2.45. The minimum absolute atomic E-state index is 0.169. The molecule has 7 nitrogen and oxygen atoms in total. The first-order valence-corrected chi connectivity index (χ1v) is 13.0. The summed E-state index contributed by atoms with van der Waals surface area (Å²) in [5.41, 5.74) is 1.06. The van der Waals surface area contributed by atoms with Crippen molar-refractivity contribution in [3.05, 3.63) is 53.7 Å². The van der Waals surface area contributed by atoms with Crippen LogP contribution in [0.25, 0.3) is 0 Å². The van der Waals surface area contributed by atoms with E-state index in [0.29, 0.717) is 25.2 Å². The summed E-state index contributed by atoms with van der Waals surface area (Å²) >= 11 is 0. The van der Waals surface area contributed by atoms with Crippen LogP contribution in [0.4, 0.5) is 10.6 Å². The first kappa shape index (κ1) is 25.2. The predicted octanol–water partition coefficient (Wildman–Crippen LogP) is 5.46. The third-order valence-electron chi connectivity index (χ3n) is 5.86. The van der Waals surface area contributed by atoms with Gasteiger partial charge in [-0.2, -0.15) is 4.31 Å². The average Bonchev–Trinajstić information content (AvgIpc) is 3.24. The van der Waals surface area contributed by atoms with E-state index in [1.807, 2.05) is 47.6 Å². The zero-order valence-corrected chi connectivity index (χ0v) is 21.2. The van der Waals surface area contributed by atoms with Crippen LogP contribution in [0.5, 0.6) is 0 Å². The van der Waals surface area contributed by atoms with E-state index in [4.69, 9.17) is 4.74 Å². The van der Waals surface area contributed by atoms with Gasteiger partial charge in [-0.1, -0.05) is 30.7 Å². The maximum absolute atomic E-state index is 13.5. The zero-order chi connectivity index (χ0) is 24.4. The Morgan fingerprint density at radius 2 is 1.91 bits per heavy atom. The van der Waals surface area contributed by atoms with E-state index in [1.54, 1.807) is 45.7 Å². The molecule has 2 aromatic rings. The fourth-order valence-corrected chi connectivity index (χ4v) is 5.70. The number of hydrogen-bond acceptors (Lipinski definition) is 5. The number of aryl methyl sites for hydroxylation is 1. The standard InChI is InChI=1S/C25H35N3O4S/c1-7-19(3)28(24(29)32-25(4,5)6)23-21(10-8-16-26-23)22-11-9-17-27(22)33(30,31)20-14-12-18(2)13-15-20/h8,10,12-16,19,22H,7,9,11,17H2,1-6H3/t19-,22+/m1/s1. The highest BCUT2D eigenvalue weighted by atomic mass is 32.2. The van der Waals surface area contributed by atoms with Crippen molar-refractivity contribution in [1.82, 2.24) is 9.29 Å². The number of carbonyl (C=O) groups is 1. The summed E-state index contributed by atoms with van der Waals surface area (Å²) in [6, 6.07) is 9.99. The van der Waals surface area contributed by atoms with Crippen LogP contribution in [-0.2, 0) is 14.8 Å². The van der Waals surface area contributed by atoms with E-state index in [9.17, 15) is 13.2 Å². The number of carbonyl (C=O) groups excluding carboxylic acids is 1. The Morgan fingerprint density at radius 1 is 1.24 bits per heavy atom. The van der Waals surface area contributed by atoms with Gasteiger partial charge in [-0.25, -0.2) is 18.2 Å². The summed E-state index contributed by atoms with van der Waals surface area (Å²) in [6.45, 7) is 11.8. The second-order valence-electron chi connectivity index (χ2n) is 9.61. The minimum atomic E-state index is -3.70. The van der Waals surface area contributed by atoms with E-state index in [-0.39, 0.29) is 10.9 Å². The molecule has 1 fully saturated rings. The molecule has 3 rings (SSSR count). The first-order chi connectivity index (χ1) is 15.5. The van der Waals surface area contributed by atoms with Crippen molar-refractivity contribution in [2.24, 2.45) is 0 Å². The highest BCUT2D eigenvalue weighted by Crippen LogP contribution is 2.40. The molecule has 0 spiro atoms. The number of ether oxygens (including phenoxy) is 1. The quantitative estimate of drug-likeness (QED) is 0.557. The number of aromatic nitrogens is 1. The Balaban J connectivity index is 2.04. The number of pyridine rings is 1. The average molecular weight is 474 g/mol. The van der Waals surface area contributed by atoms with E-state index in [2.05, 4.69) is 4.98 Å². The van der Waals surface area contributed by atoms with Crippen LogP contribution >= 0.6 is 0 Å². The smallest absolute Gasteiger partial charge is 0.416 e. The fourth-order valence-electron chi connectivity index (χ4n) is 4.02. The summed E-state index contributed by atoms with van der Waals surface area (Å²) in [4.78, 5) is 19.6. The van der Waals surface area contributed by atoms with Gasteiger partial charge in [-0.3, -0.25) is 4.90 Å². The molecule has 0 radical (unpaired) electrons. The van der Waals surface area contributed by atoms with Crippen molar-refractivity contribution >= 4 is 21.9 Å². The topological polar surface area (TPSA) is 79.8 Å². The van der Waals surface area contributed by atoms with E-state index in [1.165, 1.54) is 0 Å². The number of anilines is 1. The summed E-state index contributed by atoms with van der Waals surface area (Å²) in [5.74, 6) is 0.456. The van der Waals surface area contributed by atoms with Crippen LogP contribution < -0.4 is 4.90 Å². The van der Waals surface area contributed by atoms with Crippen LogP contribution in [0.1, 0.15) is 71.0 Å². The van der Waals surface area contributed by atoms with Gasteiger partial charge in [0.15, 0.2) is 0 Å². The molecular formula is C25H35N3O4S. The minimum Gasteiger partial charge on any atom is -0.443 e. The summed E-state index contributed by atoms with van der Waals surface area (Å²) in [5, 5.41) is 0. The lowest BCUT2D eigenvalue weighted by Gasteiger charge is -2.33. The number of amides is 1. The molecule has 0 aliphatic carbocycles. The van der Waals surface area contributed by atoms with Gasteiger partial charge in [0, 0.05) is 24.3 Å². The molecule has 2 heterocycles. The highest BCUT2D eigenvalue weighted by Gasteiger charge is 2.39. The maximum Gasteiger partial charge on any atom is 0.416 e. The molecule has 1 aliphatic rings. The van der Waals surface area contributed by atoms with Gasteiger partial charge in [-0.05, 0) is 72.1 Å². The van der Waals surface area contributed by atoms with Crippen molar-refractivity contribution in [2.45, 2.75) is 83.4 Å². The second kappa shape index (κ2) is 9.81. The second-order valence-corrected chi connectivity index (χ2v) is 11.5. The summed E-state index contributed by atoms with van der Waals surface area (Å²) < 4.78 is 34.3. The molecule has 1 amide bonds. The van der Waals surface area contributed by atoms with Crippen molar-refractivity contribution in [3.63, 3.8) is 0 Å². The molecule has 0 N–H and O–H groups in total. The van der Waals surface area contributed by atoms with Crippen molar-refractivity contribution in [2.75, 3.05) is 11.4 Å². The normalized spacial score (nSPS) is 18.2. The lowest BCUT2D eigenvalue weighted by molar-refractivity contribution is 0.0565. The number of sulfonamides is 1. The van der Waals surface area contributed by atoms with Crippen LogP contribution in [-0.4, -0.2) is 42.0 Å². The molecule has 2 atom stereocenters. The van der Waals surface area contributed by atoms with Crippen molar-refractivity contribution in [1.29, 1.82) is 0 Å². The monoisotopic (exact) mass is 473 g/mol. The lowest BCUT2D eigenvalue weighted by atomic mass is 10.0. The van der Waals surface area contributed by atoms with Crippen LogP contribution in [0, 0.1) is 6.92 Å². The molecule has 1 aliphatic heterocycles. The van der Waals surface area contributed by atoms with Crippen molar-refractivity contribution < 1.29 is 17.9 Å². The van der Waals surface area contributed by atoms with E-state index in [0.717, 1.165) is 17.5 Å². The molecular weight excluding hydrogens is 438 g/mol. The third kappa shape index (κ3) is 5.55. The van der Waals surface area contributed by atoms with E-state index < -0.39 is 27.8 Å². The predicted molar refractivity (Wildman–Crippen MR) is 130 cm³/mol. The van der Waals surface area contributed by atoms with Gasteiger partial charge >= 0.3 is 6.09 Å². The molecule has 0 unspecified atom stereocenters. The summed E-state index contributed by atoms with van der Waals surface area (Å²) in [7, 11) is -3.70. The molecule has 1 aromatic carbocycles. The number of hydrogen-bond donors (Lipinski definition) is 0. The van der Waals surface area contributed by atoms with Gasteiger partial charge in [0.25, 0.3) is 0 Å². The Morgan fingerprint density at radius 3 is 2.52 bits per heavy atom. The molecule has 1 saturated heterocycles. The Labute approximate surface area is 197 Å². The third-order valence-corrected chi connectivity index (χ3v) is 7.78. The SMILES string of the molecule is CC[C@@H](C)N(C(=O)OC(C)(C)C)c1ncccc1[C@@H]1CCCN1S(=O)(=O)c1ccc(C)cc1. The molecule has 0 bridgehead atoms. The molecule has 180 valence electrons. The van der Waals surface area contributed by atoms with Gasteiger partial charge in [0.05, 0.1) is 10.9 Å². The Bertz CT molecular complexity index is 1080. The Kier molecular flexibility index (Phi) is 7.49. The number of nitrogens with zero attached hydrogens (tertiary/aromatic N) is 3. The maximum atomic E-state index is 13.5. The van der Waals surface area contributed by atoms with Gasteiger partial charge in [0.2, 0.25) is 10.0 Å². The molecule has 33 heavy (non-hydrogen) atoms. The van der Waals surface area contributed by atoms with Gasteiger partial charge in [0.1, 0.15) is 11.4 Å². The molecule has 0 saturated carbocycles. The lowest BCUT2D eigenvalue weighted by Crippen LogP contribution is -2.43. The van der Waals surface area contributed by atoms with E-state index >= 15 is 0 Å². The van der Waals surface area contributed by atoms with Crippen LogP contribution in [0.3, 0.4) is 0 Å². The summed E-state index contributed by atoms with van der Waals surface area (Å²) in [6.07, 6.45) is 3.24. The van der Waals surface area contributed by atoms with Crippen molar-refractivity contribution in [3.8, 4) is 0 Å². The fraction of sp³-hybridized carbons (Fsp3) is 0.520. The zero-order valence-electron chi connectivity index (χ0n) is 20.4. The number of rotatable bonds is 6. The van der Waals surface area contributed by atoms with Crippen LogP contribution in [0.15, 0.2) is 47.5 Å². The van der Waals surface area contributed by atoms with Gasteiger partial charge < -0.3 is 4.74 Å². The largest absolute Gasteiger partial charge is 0.443 e. The first-order valence-electron chi connectivity index (χ1n) is 11.5. The van der Waals surface area contributed by atoms with Crippen LogP contribution in [0.2, 0.25) is 0 Å². The molecule has 1 aromatic heterocycles. The highest BCUT2D eigenvalue weighted by molar-refractivity contribution is 7.89. The number of benzene rings is 1. The van der Waals surface area contributed by atoms with Gasteiger partial charge in [-0.15, -0.1) is 0 Å².